The molecule has 1 atom stereocenters. The minimum absolute atomic E-state index is 0.302. The first kappa shape index (κ1) is 15.4. The number of halogens is 3. The monoisotopic (exact) mass is 304 g/mol. The minimum atomic E-state index is -4.43. The number of nitrogens with one attached hydrogen (secondary N) is 1. The molecule has 0 saturated heterocycles. The second-order valence-corrected chi connectivity index (χ2v) is 4.59. The molecule has 0 aliphatic carbocycles. The topological polar surface area (TPSA) is 73.6 Å². The van der Waals surface area contributed by atoms with Crippen LogP contribution in [-0.4, -0.2) is 31.8 Å². The zero-order chi connectivity index (χ0) is 15.5. The summed E-state index contributed by atoms with van der Waals surface area (Å²) < 4.78 is 47.6. The smallest absolute Gasteiger partial charge is 0.401 e. The third-order valence-electron chi connectivity index (χ3n) is 2.90. The van der Waals surface area contributed by atoms with Crippen molar-refractivity contribution in [2.24, 2.45) is 5.73 Å². The van der Waals surface area contributed by atoms with E-state index in [-0.39, 0.29) is 0 Å². The highest BCUT2D eigenvalue weighted by Crippen LogP contribution is 2.32. The van der Waals surface area contributed by atoms with Gasteiger partial charge in [0.05, 0.1) is 19.8 Å². The van der Waals surface area contributed by atoms with Gasteiger partial charge in [0.15, 0.2) is 11.5 Å². The number of rotatable bonds is 4. The van der Waals surface area contributed by atoms with Crippen LogP contribution in [0.25, 0.3) is 0 Å². The maximum Gasteiger partial charge on any atom is 0.401 e. The van der Waals surface area contributed by atoms with Crippen LogP contribution in [0.3, 0.4) is 0 Å². The molecule has 8 heteroatoms. The Bertz CT molecular complexity index is 520. The van der Waals surface area contributed by atoms with Crippen molar-refractivity contribution in [1.82, 2.24) is 5.32 Å². The van der Waals surface area contributed by atoms with Crippen molar-refractivity contribution in [2.45, 2.75) is 18.6 Å². The van der Waals surface area contributed by atoms with E-state index in [1.807, 2.05) is 0 Å². The average Bonchev–Trinajstić information content (AvgIpc) is 2.61. The fourth-order valence-corrected chi connectivity index (χ4v) is 1.96. The van der Waals surface area contributed by atoms with Crippen molar-refractivity contribution in [3.05, 3.63) is 23.8 Å². The van der Waals surface area contributed by atoms with Crippen LogP contribution in [-0.2, 0) is 4.79 Å². The Morgan fingerprint density at radius 2 is 1.95 bits per heavy atom. The molecule has 0 saturated carbocycles. The lowest BCUT2D eigenvalue weighted by molar-refractivity contribution is -0.130. The van der Waals surface area contributed by atoms with Gasteiger partial charge in [-0.15, -0.1) is 0 Å². The summed E-state index contributed by atoms with van der Waals surface area (Å²) >= 11 is 0. The summed E-state index contributed by atoms with van der Waals surface area (Å²) in [6, 6.07) is 3.27. The molecule has 1 unspecified atom stereocenters. The number of nitrogens with two attached hydrogens (primary N) is 1. The zero-order valence-electron chi connectivity index (χ0n) is 11.1. The molecule has 0 radical (unpaired) electrons. The molecule has 3 N–H and O–H groups in total. The molecular weight excluding hydrogens is 289 g/mol. The van der Waals surface area contributed by atoms with Gasteiger partial charge in [0.2, 0.25) is 5.91 Å². The number of benzene rings is 1. The third-order valence-corrected chi connectivity index (χ3v) is 2.90. The summed E-state index contributed by atoms with van der Waals surface area (Å²) in [7, 11) is 0. The Kier molecular flexibility index (Phi) is 4.56. The van der Waals surface area contributed by atoms with Crippen LogP contribution in [0.2, 0.25) is 0 Å². The summed E-state index contributed by atoms with van der Waals surface area (Å²) in [5.41, 5.74) is 5.47. The van der Waals surface area contributed by atoms with Gasteiger partial charge in [-0.05, 0) is 17.7 Å². The van der Waals surface area contributed by atoms with Gasteiger partial charge >= 0.3 is 6.18 Å². The highest BCUT2D eigenvalue weighted by molar-refractivity contribution is 5.81. The van der Waals surface area contributed by atoms with E-state index in [0.717, 1.165) is 0 Å². The van der Waals surface area contributed by atoms with Crippen molar-refractivity contribution in [1.29, 1.82) is 0 Å². The number of alkyl halides is 3. The van der Waals surface area contributed by atoms with E-state index < -0.39 is 24.7 Å². The normalized spacial score (nSPS) is 16.1. The van der Waals surface area contributed by atoms with Crippen LogP contribution in [0, 0.1) is 0 Å². The van der Waals surface area contributed by atoms with Crippen LogP contribution in [0.1, 0.15) is 18.0 Å². The van der Waals surface area contributed by atoms with E-state index in [0.29, 0.717) is 36.7 Å². The third kappa shape index (κ3) is 4.25. The first-order chi connectivity index (χ1) is 9.87. The highest BCUT2D eigenvalue weighted by atomic mass is 19.4. The van der Waals surface area contributed by atoms with Gasteiger partial charge in [-0.1, -0.05) is 6.07 Å². The molecule has 5 nitrogen and oxygen atoms in total. The highest BCUT2D eigenvalue weighted by Gasteiger charge is 2.30. The van der Waals surface area contributed by atoms with E-state index >= 15 is 0 Å². The van der Waals surface area contributed by atoms with Crippen LogP contribution in [0.5, 0.6) is 11.5 Å². The lowest BCUT2D eigenvalue weighted by atomic mass is 10.1. The van der Waals surface area contributed by atoms with Crippen LogP contribution in [0.15, 0.2) is 18.2 Å². The summed E-state index contributed by atoms with van der Waals surface area (Å²) in [5, 5.41) is 2.10. The van der Waals surface area contributed by atoms with Crippen molar-refractivity contribution >= 4 is 5.91 Å². The first-order valence-electron chi connectivity index (χ1n) is 6.36. The van der Waals surface area contributed by atoms with Gasteiger partial charge in [0.1, 0.15) is 6.04 Å². The Labute approximate surface area is 119 Å². The molecule has 1 aliphatic heterocycles. The Balaban J connectivity index is 2.20. The quantitative estimate of drug-likeness (QED) is 0.884. The average molecular weight is 304 g/mol. The number of carbonyl (C=O) groups is 1. The van der Waals surface area contributed by atoms with Gasteiger partial charge in [-0.25, -0.2) is 0 Å². The maximum absolute atomic E-state index is 12.3. The number of amides is 1. The van der Waals surface area contributed by atoms with E-state index in [9.17, 15) is 18.0 Å². The Morgan fingerprint density at radius 3 is 2.57 bits per heavy atom. The lowest BCUT2D eigenvalue weighted by Gasteiger charge is -2.18. The molecular formula is C13H15F3N2O3. The van der Waals surface area contributed by atoms with Gasteiger partial charge in [-0.3, -0.25) is 10.1 Å². The molecule has 1 aromatic carbocycles. The van der Waals surface area contributed by atoms with Gasteiger partial charge < -0.3 is 15.2 Å². The number of fused-ring (bicyclic) bond motifs is 1. The van der Waals surface area contributed by atoms with E-state index in [1.165, 1.54) is 12.1 Å². The maximum atomic E-state index is 12.3. The summed E-state index contributed by atoms with van der Waals surface area (Å²) in [6.45, 7) is -0.374. The zero-order valence-corrected chi connectivity index (χ0v) is 11.1. The Hall–Kier alpha value is -1.96. The second-order valence-electron chi connectivity index (χ2n) is 4.59. The fraction of sp³-hybridized carbons (Fsp3) is 0.462. The number of ether oxygens (including phenoxy) is 2. The molecule has 0 fully saturated rings. The molecule has 21 heavy (non-hydrogen) atoms. The molecule has 1 amide bonds. The number of primary amides is 1. The van der Waals surface area contributed by atoms with Crippen LogP contribution in [0.4, 0.5) is 13.2 Å². The van der Waals surface area contributed by atoms with Crippen LogP contribution < -0.4 is 20.5 Å². The molecule has 1 heterocycles. The molecule has 0 spiro atoms. The largest absolute Gasteiger partial charge is 0.490 e. The SMILES string of the molecule is NC(=O)C(NCC(F)(F)F)c1ccc2c(c1)OCCCO2. The van der Waals surface area contributed by atoms with Crippen molar-refractivity contribution in [3.63, 3.8) is 0 Å². The van der Waals surface area contributed by atoms with E-state index in [1.54, 1.807) is 6.07 Å². The summed E-state index contributed by atoms with van der Waals surface area (Å²) in [5.74, 6) is -0.00547. The molecule has 2 rings (SSSR count). The molecule has 1 aromatic rings. The minimum Gasteiger partial charge on any atom is -0.490 e. The predicted molar refractivity (Wildman–Crippen MR) is 68.0 cm³/mol. The predicted octanol–water partition coefficient (Wildman–Crippen LogP) is 1.53. The van der Waals surface area contributed by atoms with Gasteiger partial charge in [-0.2, -0.15) is 13.2 Å². The summed E-state index contributed by atoms with van der Waals surface area (Å²) in [6.07, 6.45) is -3.73. The standard InChI is InChI=1S/C13H15F3N2O3/c14-13(15,16)7-18-11(12(17)19)8-2-3-9-10(6-8)21-5-1-4-20-9/h2-3,6,11,18H,1,4-5,7H2,(H2,17,19). The number of hydrogen-bond acceptors (Lipinski definition) is 4. The molecule has 1 aliphatic rings. The number of carbonyl (C=O) groups excluding carboxylic acids is 1. The molecule has 116 valence electrons. The Morgan fingerprint density at radius 1 is 1.29 bits per heavy atom. The number of hydrogen-bond donors (Lipinski definition) is 2. The van der Waals surface area contributed by atoms with E-state index in [2.05, 4.69) is 5.32 Å². The molecule has 0 bridgehead atoms. The first-order valence-corrected chi connectivity index (χ1v) is 6.36. The van der Waals surface area contributed by atoms with E-state index in [4.69, 9.17) is 15.2 Å². The second kappa shape index (κ2) is 6.21. The van der Waals surface area contributed by atoms with Crippen molar-refractivity contribution in [3.8, 4) is 11.5 Å². The van der Waals surface area contributed by atoms with Crippen molar-refractivity contribution in [2.75, 3.05) is 19.8 Å². The molecule has 0 aromatic heterocycles. The lowest BCUT2D eigenvalue weighted by Crippen LogP contribution is -2.39. The van der Waals surface area contributed by atoms with Gasteiger partial charge in [0, 0.05) is 6.42 Å². The van der Waals surface area contributed by atoms with Crippen molar-refractivity contribution < 1.29 is 27.4 Å². The van der Waals surface area contributed by atoms with Gasteiger partial charge in [0.25, 0.3) is 0 Å². The summed E-state index contributed by atoms with van der Waals surface area (Å²) in [4.78, 5) is 11.4. The van der Waals surface area contributed by atoms with Crippen LogP contribution >= 0.6 is 0 Å². The fourth-order valence-electron chi connectivity index (χ4n) is 1.96.